The van der Waals surface area contributed by atoms with E-state index in [1.54, 1.807) is 0 Å². The molecule has 11 nitrogen and oxygen atoms in total. The molecule has 2 heterocycles. The lowest BCUT2D eigenvalue weighted by atomic mass is 9.96. The van der Waals surface area contributed by atoms with E-state index < -0.39 is 61.4 Å². The van der Waals surface area contributed by atoms with Crippen LogP contribution in [-0.2, 0) is 93.6 Å². The number of ether oxygens (including phenoxy) is 10. The van der Waals surface area contributed by atoms with E-state index >= 15 is 0 Å². The summed E-state index contributed by atoms with van der Waals surface area (Å²) in [5.74, 6) is 0. The summed E-state index contributed by atoms with van der Waals surface area (Å²) in [5.41, 5.74) is 6.77. The fraction of sp³-hybridized carbons (Fsp3) is 0.311. The van der Waals surface area contributed by atoms with E-state index in [9.17, 15) is 5.11 Å². The molecule has 0 aromatic heterocycles. The molecule has 0 bridgehead atoms. The van der Waals surface area contributed by atoms with Crippen molar-refractivity contribution in [2.24, 2.45) is 0 Å². The summed E-state index contributed by atoms with van der Waals surface area (Å²) >= 11 is 0. The molecule has 9 rings (SSSR count). The van der Waals surface area contributed by atoms with Gasteiger partial charge in [-0.3, -0.25) is 0 Å². The van der Waals surface area contributed by atoms with Crippen LogP contribution >= 0.6 is 0 Å². The van der Waals surface area contributed by atoms with Gasteiger partial charge in [0.25, 0.3) is 0 Å². The number of rotatable bonds is 25. The largest absolute Gasteiger partial charge is 0.374 e. The van der Waals surface area contributed by atoms with E-state index in [0.717, 1.165) is 38.9 Å². The number of benzene rings is 7. The van der Waals surface area contributed by atoms with Crippen molar-refractivity contribution in [1.29, 1.82) is 0 Å². The second kappa shape index (κ2) is 27.2. The zero-order valence-electron chi connectivity index (χ0n) is 40.4. The number of hydrogen-bond acceptors (Lipinski definition) is 11. The van der Waals surface area contributed by atoms with Gasteiger partial charge in [0.15, 0.2) is 12.6 Å². The fourth-order valence-electron chi connectivity index (χ4n) is 8.98. The van der Waals surface area contributed by atoms with Crippen LogP contribution in [-0.4, -0.2) is 79.7 Å². The highest BCUT2D eigenvalue weighted by molar-refractivity contribution is 5.19. The number of aliphatic hydroxyl groups is 1. The molecule has 374 valence electrons. The normalized spacial score (nSPS) is 24.2. The lowest BCUT2D eigenvalue weighted by molar-refractivity contribution is -0.379. The number of aliphatic hydroxyl groups excluding tert-OH is 1. The minimum Gasteiger partial charge on any atom is -0.374 e. The Kier molecular flexibility index (Phi) is 19.3. The van der Waals surface area contributed by atoms with E-state index in [0.29, 0.717) is 13.2 Å². The highest BCUT2D eigenvalue weighted by atomic mass is 16.8. The maximum atomic E-state index is 12.3. The summed E-state index contributed by atoms with van der Waals surface area (Å²) in [6.07, 6.45) is -9.48. The second-order valence-electron chi connectivity index (χ2n) is 18.0. The van der Waals surface area contributed by atoms with Crippen molar-refractivity contribution < 1.29 is 52.5 Å². The lowest BCUT2D eigenvalue weighted by Crippen LogP contribution is -2.66. The highest BCUT2D eigenvalue weighted by Crippen LogP contribution is 2.36. The van der Waals surface area contributed by atoms with Gasteiger partial charge in [0.05, 0.1) is 59.5 Å². The zero-order valence-corrected chi connectivity index (χ0v) is 40.4. The maximum Gasteiger partial charge on any atom is 0.187 e. The Morgan fingerprint density at radius 3 is 0.889 bits per heavy atom. The van der Waals surface area contributed by atoms with E-state index in [2.05, 4.69) is 0 Å². The van der Waals surface area contributed by atoms with Crippen LogP contribution < -0.4 is 0 Å². The van der Waals surface area contributed by atoms with Crippen molar-refractivity contribution in [3.8, 4) is 0 Å². The van der Waals surface area contributed by atoms with Crippen LogP contribution in [0.2, 0.25) is 0 Å². The van der Waals surface area contributed by atoms with Gasteiger partial charge in [0.2, 0.25) is 0 Å². The minimum absolute atomic E-state index is 0.0999. The second-order valence-corrected chi connectivity index (χ2v) is 18.0. The monoisotopic (exact) mass is 972 g/mol. The van der Waals surface area contributed by atoms with Gasteiger partial charge in [-0.05, 0) is 38.9 Å². The third-order valence-electron chi connectivity index (χ3n) is 12.7. The predicted octanol–water partition coefficient (Wildman–Crippen LogP) is 10.2. The van der Waals surface area contributed by atoms with Crippen molar-refractivity contribution in [3.05, 3.63) is 251 Å². The maximum absolute atomic E-state index is 12.3. The third kappa shape index (κ3) is 14.8. The average Bonchev–Trinajstić information content (AvgIpc) is 3.43. The molecule has 72 heavy (non-hydrogen) atoms. The molecule has 0 radical (unpaired) electrons. The molecule has 1 N–H and O–H groups in total. The first kappa shape index (κ1) is 51.0. The van der Waals surface area contributed by atoms with Gasteiger partial charge >= 0.3 is 0 Å². The Hall–Kier alpha value is -5.90. The molecule has 2 fully saturated rings. The lowest BCUT2D eigenvalue weighted by Gasteiger charge is -2.49. The van der Waals surface area contributed by atoms with Gasteiger partial charge in [-0.1, -0.05) is 212 Å². The summed E-state index contributed by atoms with van der Waals surface area (Å²) in [4.78, 5) is 0. The van der Waals surface area contributed by atoms with Gasteiger partial charge in [0.1, 0.15) is 48.8 Å². The van der Waals surface area contributed by atoms with Crippen molar-refractivity contribution in [1.82, 2.24) is 0 Å². The van der Waals surface area contributed by atoms with Gasteiger partial charge < -0.3 is 52.5 Å². The highest BCUT2D eigenvalue weighted by Gasteiger charge is 2.54. The first-order chi connectivity index (χ1) is 35.6. The summed E-state index contributed by atoms with van der Waals surface area (Å²) < 4.78 is 68.3. The van der Waals surface area contributed by atoms with Crippen molar-refractivity contribution in [2.75, 3.05) is 13.2 Å². The van der Waals surface area contributed by atoms with Gasteiger partial charge in [-0.25, -0.2) is 0 Å². The van der Waals surface area contributed by atoms with Crippen LogP contribution in [0.1, 0.15) is 38.9 Å². The van der Waals surface area contributed by atoms with Crippen molar-refractivity contribution in [2.45, 2.75) is 108 Å². The molecule has 0 unspecified atom stereocenters. The van der Waals surface area contributed by atoms with E-state index in [-0.39, 0.29) is 46.2 Å². The smallest absolute Gasteiger partial charge is 0.187 e. The summed E-state index contributed by atoms with van der Waals surface area (Å²) in [5, 5.41) is 12.3. The summed E-state index contributed by atoms with van der Waals surface area (Å²) in [6.45, 7) is 2.01. The van der Waals surface area contributed by atoms with E-state index in [1.807, 2.05) is 212 Å². The Labute approximate surface area is 423 Å². The molecular formula is C61H64O11. The fourth-order valence-corrected chi connectivity index (χ4v) is 8.98. The predicted molar refractivity (Wildman–Crippen MR) is 272 cm³/mol. The molecule has 10 atom stereocenters. The van der Waals surface area contributed by atoms with Gasteiger partial charge in [-0.15, -0.1) is 0 Å². The molecule has 0 aliphatic carbocycles. The zero-order chi connectivity index (χ0) is 49.0. The third-order valence-corrected chi connectivity index (χ3v) is 12.7. The molecular weight excluding hydrogens is 909 g/mol. The Morgan fingerprint density at radius 2 is 0.556 bits per heavy atom. The molecule has 2 saturated heterocycles. The molecule has 2 aliphatic heterocycles. The Bertz CT molecular complexity index is 2550. The molecule has 7 aromatic carbocycles. The Balaban J connectivity index is 1.07. The molecule has 0 saturated carbocycles. The SMILES string of the molecule is O[C@@H]1O[C@H](COCc2ccccc2)[C@H](OCc2ccccc2)[C@H](OCc2ccccc2)[C@H]1O[C@H]1O[C@H](COCc2ccccc2)[C@@H](OCc2ccccc2)[C@H](OCc2ccccc2)[C@H]1OCc1ccccc1. The van der Waals surface area contributed by atoms with Gasteiger partial charge in [-0.2, -0.15) is 0 Å². The van der Waals surface area contributed by atoms with E-state index in [1.165, 1.54) is 0 Å². The quantitative estimate of drug-likeness (QED) is 0.0591. The molecule has 0 spiro atoms. The van der Waals surface area contributed by atoms with Crippen LogP contribution in [0.3, 0.4) is 0 Å². The van der Waals surface area contributed by atoms with Crippen LogP contribution in [0.4, 0.5) is 0 Å². The number of hydrogen-bond donors (Lipinski definition) is 1. The van der Waals surface area contributed by atoms with Crippen LogP contribution in [0, 0.1) is 0 Å². The average molecular weight is 973 g/mol. The molecule has 7 aromatic rings. The molecule has 11 heteroatoms. The van der Waals surface area contributed by atoms with E-state index in [4.69, 9.17) is 47.4 Å². The topological polar surface area (TPSA) is 113 Å². The Morgan fingerprint density at radius 1 is 0.292 bits per heavy atom. The standard InChI is InChI=1S/C61H64O11/c62-60-58(56(67-40-49-30-16-5-17-31-49)54(65-38-47-26-12-3-13-27-47)52(70-60)43-63-36-45-22-8-1-9-23-45)72-61-59(69-42-51-34-20-7-21-35-51)57(68-41-50-32-18-6-19-33-50)55(66-39-48-28-14-4-15-29-48)53(71-61)44-64-37-46-24-10-2-11-25-46/h1-35,52-62H,36-44H2/t52-,53-,54+,55-,56+,57+,58-,59-,60-,61-/m1/s1. The van der Waals surface area contributed by atoms with Crippen molar-refractivity contribution >= 4 is 0 Å². The van der Waals surface area contributed by atoms with Crippen LogP contribution in [0.25, 0.3) is 0 Å². The first-order valence-electron chi connectivity index (χ1n) is 24.8. The van der Waals surface area contributed by atoms with Crippen LogP contribution in [0.15, 0.2) is 212 Å². The molecule has 2 aliphatic rings. The minimum atomic E-state index is -1.52. The van der Waals surface area contributed by atoms with Gasteiger partial charge in [0, 0.05) is 0 Å². The summed E-state index contributed by atoms with van der Waals surface area (Å²) in [7, 11) is 0. The van der Waals surface area contributed by atoms with Crippen LogP contribution in [0.5, 0.6) is 0 Å². The first-order valence-corrected chi connectivity index (χ1v) is 24.8. The summed E-state index contributed by atoms with van der Waals surface area (Å²) in [6, 6.07) is 69.6. The van der Waals surface area contributed by atoms with Crippen molar-refractivity contribution in [3.63, 3.8) is 0 Å². The molecule has 0 amide bonds.